The van der Waals surface area contributed by atoms with Gasteiger partial charge in [-0.05, 0) is 43.7 Å². The van der Waals surface area contributed by atoms with Crippen molar-refractivity contribution in [1.82, 2.24) is 4.98 Å². The van der Waals surface area contributed by atoms with Crippen LogP contribution in [0, 0.1) is 6.92 Å². The number of pyridine rings is 1. The van der Waals surface area contributed by atoms with E-state index in [1.807, 2.05) is 26.0 Å². The number of hydrogen-bond donors (Lipinski definition) is 1. The van der Waals surface area contributed by atoms with E-state index in [0.717, 1.165) is 5.56 Å². The molecule has 1 aromatic carbocycles. The molecule has 1 N–H and O–H groups in total. The molecule has 0 saturated carbocycles. The Morgan fingerprint density at radius 2 is 1.90 bits per heavy atom. The minimum Gasteiger partial charge on any atom is -0.492 e. The first-order valence-corrected chi connectivity index (χ1v) is 7.13. The van der Waals surface area contributed by atoms with Crippen LogP contribution in [0.5, 0.6) is 5.75 Å². The highest BCUT2D eigenvalue weighted by Crippen LogP contribution is 2.26. The van der Waals surface area contributed by atoms with Crippen molar-refractivity contribution < 1.29 is 9.53 Å². The highest BCUT2D eigenvalue weighted by atomic mass is 35.5. The second-order valence-electron chi connectivity index (χ2n) is 4.39. The summed E-state index contributed by atoms with van der Waals surface area (Å²) >= 11 is 11.6. The molecule has 2 rings (SSSR count). The lowest BCUT2D eigenvalue weighted by atomic mass is 10.2. The van der Waals surface area contributed by atoms with Crippen molar-refractivity contribution in [2.75, 3.05) is 11.9 Å². The van der Waals surface area contributed by atoms with Gasteiger partial charge in [-0.1, -0.05) is 29.3 Å². The lowest BCUT2D eigenvalue weighted by Gasteiger charge is -2.12. The summed E-state index contributed by atoms with van der Waals surface area (Å²) in [5.41, 5.74) is 1.98. The second-order valence-corrected chi connectivity index (χ2v) is 5.16. The molecular formula is C15H14Cl2N2O2. The van der Waals surface area contributed by atoms with Crippen molar-refractivity contribution in [3.8, 4) is 5.75 Å². The maximum absolute atomic E-state index is 12.2. The number of amides is 1. The van der Waals surface area contributed by atoms with E-state index in [2.05, 4.69) is 10.3 Å². The summed E-state index contributed by atoms with van der Waals surface area (Å²) in [5.74, 6) is 0.295. The van der Waals surface area contributed by atoms with E-state index in [-0.39, 0.29) is 16.2 Å². The van der Waals surface area contributed by atoms with Crippen LogP contribution in [0.1, 0.15) is 22.8 Å². The number of rotatable bonds is 4. The fourth-order valence-corrected chi connectivity index (χ4v) is 2.26. The number of halogens is 2. The zero-order chi connectivity index (χ0) is 15.4. The number of aromatic nitrogens is 1. The van der Waals surface area contributed by atoms with E-state index in [1.165, 1.54) is 12.1 Å². The van der Waals surface area contributed by atoms with Gasteiger partial charge < -0.3 is 10.1 Å². The predicted octanol–water partition coefficient (Wildman–Crippen LogP) is 4.35. The predicted molar refractivity (Wildman–Crippen MR) is 84.6 cm³/mol. The fourth-order valence-electron chi connectivity index (χ4n) is 1.80. The Labute approximate surface area is 133 Å². The normalized spacial score (nSPS) is 10.3. The van der Waals surface area contributed by atoms with E-state index in [4.69, 9.17) is 27.9 Å². The molecule has 0 saturated heterocycles. The summed E-state index contributed by atoms with van der Waals surface area (Å²) in [6.45, 7) is 4.35. The summed E-state index contributed by atoms with van der Waals surface area (Å²) in [6, 6.07) is 8.47. The highest BCUT2D eigenvalue weighted by Gasteiger charge is 2.12. The summed E-state index contributed by atoms with van der Waals surface area (Å²) in [6.07, 6.45) is 0. The standard InChI is InChI=1S/C15H14Cl2N2O2/c1-3-21-12-6-9(2)4-5-11(12)18-15(20)10-7-13(16)19-14(17)8-10/h4-8H,3H2,1-2H3,(H,18,20). The van der Waals surface area contributed by atoms with Gasteiger partial charge in [0.05, 0.1) is 12.3 Å². The van der Waals surface area contributed by atoms with Gasteiger partial charge in [-0.25, -0.2) is 4.98 Å². The van der Waals surface area contributed by atoms with E-state index < -0.39 is 0 Å². The maximum Gasteiger partial charge on any atom is 0.255 e. The average molecular weight is 325 g/mol. The zero-order valence-electron chi connectivity index (χ0n) is 11.6. The van der Waals surface area contributed by atoms with Gasteiger partial charge in [-0.3, -0.25) is 4.79 Å². The van der Waals surface area contributed by atoms with Crippen LogP contribution in [0.3, 0.4) is 0 Å². The zero-order valence-corrected chi connectivity index (χ0v) is 13.1. The molecule has 110 valence electrons. The van der Waals surface area contributed by atoms with Crippen LogP contribution >= 0.6 is 23.2 Å². The van der Waals surface area contributed by atoms with Gasteiger partial charge in [0.1, 0.15) is 16.1 Å². The molecule has 0 bridgehead atoms. The summed E-state index contributed by atoms with van der Waals surface area (Å²) in [5, 5.41) is 3.12. The number of nitrogens with one attached hydrogen (secondary N) is 1. The lowest BCUT2D eigenvalue weighted by Crippen LogP contribution is -2.13. The molecular weight excluding hydrogens is 311 g/mol. The minimum absolute atomic E-state index is 0.168. The van der Waals surface area contributed by atoms with Gasteiger partial charge >= 0.3 is 0 Å². The van der Waals surface area contributed by atoms with Gasteiger partial charge in [0.15, 0.2) is 0 Å². The highest BCUT2D eigenvalue weighted by molar-refractivity contribution is 6.33. The van der Waals surface area contributed by atoms with Crippen LogP contribution in [0.2, 0.25) is 10.3 Å². The molecule has 0 aliphatic heterocycles. The van der Waals surface area contributed by atoms with Crippen LogP contribution in [0.15, 0.2) is 30.3 Å². The third kappa shape index (κ3) is 4.09. The molecule has 1 aromatic heterocycles. The first kappa shape index (κ1) is 15.6. The molecule has 1 amide bonds. The molecule has 6 heteroatoms. The van der Waals surface area contributed by atoms with Gasteiger partial charge in [-0.15, -0.1) is 0 Å². The van der Waals surface area contributed by atoms with Crippen LogP contribution in [-0.4, -0.2) is 17.5 Å². The van der Waals surface area contributed by atoms with Crippen LogP contribution in [-0.2, 0) is 0 Å². The third-order valence-electron chi connectivity index (χ3n) is 2.71. The molecule has 0 radical (unpaired) electrons. The van der Waals surface area contributed by atoms with Crippen molar-refractivity contribution in [3.05, 3.63) is 51.8 Å². The Morgan fingerprint density at radius 3 is 2.52 bits per heavy atom. The van der Waals surface area contributed by atoms with Crippen LogP contribution in [0.25, 0.3) is 0 Å². The number of nitrogens with zero attached hydrogens (tertiary/aromatic N) is 1. The molecule has 2 aromatic rings. The smallest absolute Gasteiger partial charge is 0.255 e. The Hall–Kier alpha value is -1.78. The molecule has 0 aliphatic rings. The summed E-state index contributed by atoms with van der Waals surface area (Å²) in [7, 11) is 0. The number of benzene rings is 1. The van der Waals surface area contributed by atoms with Crippen LogP contribution < -0.4 is 10.1 Å². The number of hydrogen-bond acceptors (Lipinski definition) is 3. The molecule has 0 unspecified atom stereocenters. The van der Waals surface area contributed by atoms with E-state index >= 15 is 0 Å². The Morgan fingerprint density at radius 1 is 1.24 bits per heavy atom. The van der Waals surface area contributed by atoms with Crippen LogP contribution in [0.4, 0.5) is 5.69 Å². The molecule has 4 nitrogen and oxygen atoms in total. The maximum atomic E-state index is 12.2. The van der Waals surface area contributed by atoms with Gasteiger partial charge in [-0.2, -0.15) is 0 Å². The quantitative estimate of drug-likeness (QED) is 0.851. The minimum atomic E-state index is -0.328. The number of aryl methyl sites for hydroxylation is 1. The molecule has 0 spiro atoms. The first-order valence-electron chi connectivity index (χ1n) is 6.37. The van der Waals surface area contributed by atoms with E-state index in [1.54, 1.807) is 6.07 Å². The van der Waals surface area contributed by atoms with Gasteiger partial charge in [0.25, 0.3) is 5.91 Å². The average Bonchev–Trinajstić information content (AvgIpc) is 2.41. The van der Waals surface area contributed by atoms with E-state index in [0.29, 0.717) is 23.6 Å². The number of carbonyl (C=O) groups excluding carboxylic acids is 1. The van der Waals surface area contributed by atoms with E-state index in [9.17, 15) is 4.79 Å². The van der Waals surface area contributed by atoms with Crippen molar-refractivity contribution in [2.24, 2.45) is 0 Å². The molecule has 21 heavy (non-hydrogen) atoms. The van der Waals surface area contributed by atoms with Crippen molar-refractivity contribution in [2.45, 2.75) is 13.8 Å². The Bertz CT molecular complexity index is 654. The molecule has 0 fully saturated rings. The monoisotopic (exact) mass is 324 g/mol. The van der Waals surface area contributed by atoms with Crippen molar-refractivity contribution in [1.29, 1.82) is 0 Å². The Balaban J connectivity index is 2.26. The molecule has 0 atom stereocenters. The fraction of sp³-hybridized carbons (Fsp3) is 0.200. The third-order valence-corrected chi connectivity index (χ3v) is 3.10. The SMILES string of the molecule is CCOc1cc(C)ccc1NC(=O)c1cc(Cl)nc(Cl)c1. The Kier molecular flexibility index (Phi) is 5.04. The van der Waals surface area contributed by atoms with Crippen molar-refractivity contribution in [3.63, 3.8) is 0 Å². The first-order chi connectivity index (χ1) is 9.99. The summed E-state index contributed by atoms with van der Waals surface area (Å²) in [4.78, 5) is 16.1. The molecule has 1 heterocycles. The van der Waals surface area contributed by atoms with Gasteiger partial charge in [0.2, 0.25) is 0 Å². The molecule has 0 aliphatic carbocycles. The largest absolute Gasteiger partial charge is 0.492 e. The second kappa shape index (κ2) is 6.78. The number of anilines is 1. The topological polar surface area (TPSA) is 51.2 Å². The number of ether oxygens (including phenoxy) is 1. The number of carbonyl (C=O) groups is 1. The summed E-state index contributed by atoms with van der Waals surface area (Å²) < 4.78 is 5.52. The van der Waals surface area contributed by atoms with Gasteiger partial charge in [0, 0.05) is 5.56 Å². The lowest BCUT2D eigenvalue weighted by molar-refractivity contribution is 0.102. The van der Waals surface area contributed by atoms with Crippen molar-refractivity contribution >= 4 is 34.8 Å².